The monoisotopic (exact) mass is 352 g/mol. The minimum Gasteiger partial charge on any atom is -0.477 e. The highest BCUT2D eigenvalue weighted by Gasteiger charge is 2.24. The van der Waals surface area contributed by atoms with Gasteiger partial charge in [0, 0.05) is 6.07 Å². The quantitative estimate of drug-likeness (QED) is 0.648. The van der Waals surface area contributed by atoms with Gasteiger partial charge in [-0.15, -0.1) is 0 Å². The molecule has 0 saturated heterocycles. The minimum atomic E-state index is -0.435. The molecule has 6 heteroatoms. The van der Waals surface area contributed by atoms with Gasteiger partial charge in [-0.3, -0.25) is 0 Å². The Balaban J connectivity index is 1.69. The van der Waals surface area contributed by atoms with E-state index in [0.717, 1.165) is 11.1 Å². The zero-order valence-electron chi connectivity index (χ0n) is 14.6. The maximum absolute atomic E-state index is 11.8. The topological polar surface area (TPSA) is 74.5 Å². The molecule has 0 amide bonds. The van der Waals surface area contributed by atoms with Crippen molar-refractivity contribution in [3.8, 4) is 11.9 Å². The Labute approximate surface area is 150 Å². The number of hydrogen-bond acceptors (Lipinski definition) is 6. The van der Waals surface area contributed by atoms with Gasteiger partial charge in [0.25, 0.3) is 0 Å². The third kappa shape index (κ3) is 3.69. The minimum absolute atomic E-state index is 0.142. The van der Waals surface area contributed by atoms with Gasteiger partial charge < -0.3 is 13.9 Å². The van der Waals surface area contributed by atoms with Gasteiger partial charge in [0.15, 0.2) is 0 Å². The smallest absolute Gasteiger partial charge is 0.337 e. The average Bonchev–Trinajstić information content (AvgIpc) is 3.48. The van der Waals surface area contributed by atoms with Crippen LogP contribution in [0.5, 0.6) is 11.9 Å². The van der Waals surface area contributed by atoms with Crippen molar-refractivity contribution in [2.24, 2.45) is 5.92 Å². The fourth-order valence-corrected chi connectivity index (χ4v) is 2.74. The first kappa shape index (κ1) is 16.6. The zero-order chi connectivity index (χ0) is 17.9. The molecule has 0 N–H and O–H groups in total. The number of rotatable bonds is 7. The van der Waals surface area contributed by atoms with Gasteiger partial charge in [-0.25, -0.2) is 4.79 Å². The first-order chi connectivity index (χ1) is 12.7. The highest BCUT2D eigenvalue weighted by atomic mass is 16.5. The summed E-state index contributed by atoms with van der Waals surface area (Å²) < 4.78 is 16.9. The highest BCUT2D eigenvalue weighted by Crippen LogP contribution is 2.32. The molecule has 1 saturated carbocycles. The van der Waals surface area contributed by atoms with Crippen LogP contribution in [0, 0.1) is 5.92 Å². The summed E-state index contributed by atoms with van der Waals surface area (Å²) in [5.41, 5.74) is 1.59. The fourth-order valence-electron chi connectivity index (χ4n) is 2.74. The number of benzene rings is 1. The predicted molar refractivity (Wildman–Crippen MR) is 96.4 cm³/mol. The Morgan fingerprint density at radius 2 is 1.96 bits per heavy atom. The van der Waals surface area contributed by atoms with E-state index in [4.69, 9.17) is 13.9 Å². The van der Waals surface area contributed by atoms with Crippen LogP contribution in [0.3, 0.4) is 0 Å². The molecule has 0 unspecified atom stereocenters. The van der Waals surface area contributed by atoms with Gasteiger partial charge in [-0.2, -0.15) is 9.97 Å². The van der Waals surface area contributed by atoms with Gasteiger partial charge in [0.1, 0.15) is 12.0 Å². The molecule has 4 rings (SSSR count). The molecule has 6 nitrogen and oxygen atoms in total. The molecule has 0 atom stereocenters. The van der Waals surface area contributed by atoms with Crippen LogP contribution in [0.4, 0.5) is 0 Å². The summed E-state index contributed by atoms with van der Waals surface area (Å²) in [7, 11) is 0. The van der Waals surface area contributed by atoms with Gasteiger partial charge >= 0.3 is 11.6 Å². The Bertz CT molecular complexity index is 965. The normalized spacial score (nSPS) is 13.7. The molecule has 134 valence electrons. The molecule has 0 spiro atoms. The molecule has 0 bridgehead atoms. The van der Waals surface area contributed by atoms with Crippen LogP contribution in [0.1, 0.15) is 30.9 Å². The predicted octanol–water partition coefficient (Wildman–Crippen LogP) is 3.51. The van der Waals surface area contributed by atoms with E-state index in [9.17, 15) is 4.79 Å². The number of fused-ring (bicyclic) bond motifs is 1. The second-order valence-corrected chi connectivity index (χ2v) is 6.46. The van der Waals surface area contributed by atoms with Crippen LogP contribution in [0.15, 0.2) is 45.6 Å². The van der Waals surface area contributed by atoms with Crippen LogP contribution >= 0.6 is 0 Å². The molecule has 1 fully saturated rings. The van der Waals surface area contributed by atoms with E-state index in [2.05, 4.69) is 9.97 Å². The molecular weight excluding hydrogens is 332 g/mol. The second kappa shape index (κ2) is 7.15. The molecule has 3 aromatic rings. The number of aryl methyl sites for hydroxylation is 1. The van der Waals surface area contributed by atoms with Crippen molar-refractivity contribution in [2.45, 2.75) is 32.8 Å². The van der Waals surface area contributed by atoms with E-state index in [0.29, 0.717) is 36.8 Å². The van der Waals surface area contributed by atoms with E-state index >= 15 is 0 Å². The standard InChI is InChI=1S/C20H20N2O4/c1-2-15-10-16(23)26-19-17(15)18(24-11-14-8-9-14)21-20(22-19)25-12-13-6-4-3-5-7-13/h3-7,10,14H,2,8-9,11-12H2,1H3. The maximum Gasteiger partial charge on any atom is 0.337 e. The molecular formula is C20H20N2O4. The van der Waals surface area contributed by atoms with Crippen molar-refractivity contribution in [3.63, 3.8) is 0 Å². The summed E-state index contributed by atoms with van der Waals surface area (Å²) in [6, 6.07) is 11.4. The Kier molecular flexibility index (Phi) is 4.56. The summed E-state index contributed by atoms with van der Waals surface area (Å²) in [5, 5.41) is 0.653. The molecule has 0 radical (unpaired) electrons. The Hall–Kier alpha value is -2.89. The van der Waals surface area contributed by atoms with E-state index in [-0.39, 0.29) is 11.7 Å². The summed E-state index contributed by atoms with van der Waals surface area (Å²) in [6.45, 7) is 2.90. The Morgan fingerprint density at radius 3 is 2.69 bits per heavy atom. The molecule has 1 aliphatic carbocycles. The largest absolute Gasteiger partial charge is 0.477 e. The summed E-state index contributed by atoms with van der Waals surface area (Å²) in [5.74, 6) is 1.00. The number of hydrogen-bond donors (Lipinski definition) is 0. The first-order valence-corrected chi connectivity index (χ1v) is 8.87. The van der Waals surface area contributed by atoms with Gasteiger partial charge in [-0.05, 0) is 36.3 Å². The molecule has 26 heavy (non-hydrogen) atoms. The molecule has 2 heterocycles. The van der Waals surface area contributed by atoms with E-state index in [1.165, 1.54) is 18.9 Å². The number of nitrogens with zero attached hydrogens (tertiary/aromatic N) is 2. The van der Waals surface area contributed by atoms with E-state index in [1.54, 1.807) is 0 Å². The van der Waals surface area contributed by atoms with E-state index < -0.39 is 5.63 Å². The van der Waals surface area contributed by atoms with Gasteiger partial charge in [0.2, 0.25) is 11.6 Å². The SMILES string of the molecule is CCc1cc(=O)oc2nc(OCc3ccccc3)nc(OCC3CC3)c12. The lowest BCUT2D eigenvalue weighted by molar-refractivity contribution is 0.259. The van der Waals surface area contributed by atoms with Crippen LogP contribution in [-0.2, 0) is 13.0 Å². The van der Waals surface area contributed by atoms with Gasteiger partial charge in [0.05, 0.1) is 6.61 Å². The summed E-state index contributed by atoms with van der Waals surface area (Å²) in [4.78, 5) is 20.6. The van der Waals surface area contributed by atoms with Crippen molar-refractivity contribution in [3.05, 3.63) is 57.9 Å². The Morgan fingerprint density at radius 1 is 1.15 bits per heavy atom. The van der Waals surface area contributed by atoms with Crippen LogP contribution in [0.25, 0.3) is 11.1 Å². The molecule has 1 aromatic carbocycles. The second-order valence-electron chi connectivity index (χ2n) is 6.46. The van der Waals surface area contributed by atoms with Crippen molar-refractivity contribution in [1.82, 2.24) is 9.97 Å². The van der Waals surface area contributed by atoms with Crippen LogP contribution < -0.4 is 15.1 Å². The third-order valence-corrected chi connectivity index (χ3v) is 4.38. The van der Waals surface area contributed by atoms with Crippen molar-refractivity contribution in [1.29, 1.82) is 0 Å². The van der Waals surface area contributed by atoms with E-state index in [1.807, 2.05) is 37.3 Å². The molecule has 0 aliphatic heterocycles. The van der Waals surface area contributed by atoms with Crippen molar-refractivity contribution in [2.75, 3.05) is 6.61 Å². The lowest BCUT2D eigenvalue weighted by atomic mass is 10.1. The van der Waals surface area contributed by atoms with Gasteiger partial charge in [-0.1, -0.05) is 37.3 Å². The molecule has 2 aromatic heterocycles. The lowest BCUT2D eigenvalue weighted by Crippen LogP contribution is -2.08. The molecule has 1 aliphatic rings. The first-order valence-electron chi connectivity index (χ1n) is 8.87. The van der Waals surface area contributed by atoms with Crippen LogP contribution in [0.2, 0.25) is 0 Å². The average molecular weight is 352 g/mol. The maximum atomic E-state index is 11.8. The zero-order valence-corrected chi connectivity index (χ0v) is 14.6. The third-order valence-electron chi connectivity index (χ3n) is 4.38. The van der Waals surface area contributed by atoms with Crippen LogP contribution in [-0.4, -0.2) is 16.6 Å². The number of ether oxygens (including phenoxy) is 2. The summed E-state index contributed by atoms with van der Waals surface area (Å²) in [6.07, 6.45) is 3.02. The number of aromatic nitrogens is 2. The van der Waals surface area contributed by atoms with Crippen molar-refractivity contribution >= 4 is 11.1 Å². The van der Waals surface area contributed by atoms with Crippen molar-refractivity contribution < 1.29 is 13.9 Å². The lowest BCUT2D eigenvalue weighted by Gasteiger charge is -2.12. The highest BCUT2D eigenvalue weighted by molar-refractivity contribution is 5.82. The fraction of sp³-hybridized carbons (Fsp3) is 0.350. The summed E-state index contributed by atoms with van der Waals surface area (Å²) >= 11 is 0.